The number of benzene rings is 1. The smallest absolute Gasteiger partial charge is 0.150 e. The molecule has 1 atom stereocenters. The molecule has 19 heavy (non-hydrogen) atoms. The molecule has 102 valence electrons. The molecule has 1 fully saturated rings. The molecule has 1 unspecified atom stereocenters. The van der Waals surface area contributed by atoms with Gasteiger partial charge in [-0.1, -0.05) is 22.9 Å². The highest BCUT2D eigenvalue weighted by atomic mass is 35.5. The predicted octanol–water partition coefficient (Wildman–Crippen LogP) is 1.91. The van der Waals surface area contributed by atoms with Gasteiger partial charge in [0.1, 0.15) is 11.0 Å². The average Bonchev–Trinajstić information content (AvgIpc) is 2.72. The van der Waals surface area contributed by atoms with Gasteiger partial charge in [-0.25, -0.2) is 13.1 Å². The Morgan fingerprint density at radius 2 is 2.26 bits per heavy atom. The number of rotatable bonds is 2. The molecule has 0 amide bonds. The summed E-state index contributed by atoms with van der Waals surface area (Å²) in [5.74, 6) is 0.640. The van der Waals surface area contributed by atoms with Crippen molar-refractivity contribution in [3.8, 4) is 0 Å². The number of nitrogens with zero attached hydrogens (tertiary/aromatic N) is 3. The maximum Gasteiger partial charge on any atom is 0.150 e. The standard InChI is InChI=1S/C12H14ClN3O2S/c13-10-4-1-5-11-12(10)16(15-14-11)7-9-3-2-6-19(17,18)8-9/h1,4-5,9H,2-3,6-8H2. The van der Waals surface area contributed by atoms with Crippen molar-refractivity contribution in [2.75, 3.05) is 11.5 Å². The van der Waals surface area contributed by atoms with E-state index in [1.165, 1.54) is 0 Å². The zero-order chi connectivity index (χ0) is 13.5. The third kappa shape index (κ3) is 2.60. The first-order valence-corrected chi connectivity index (χ1v) is 8.43. The average molecular weight is 300 g/mol. The molecule has 0 bridgehead atoms. The van der Waals surface area contributed by atoms with Crippen LogP contribution >= 0.6 is 11.6 Å². The van der Waals surface area contributed by atoms with E-state index in [9.17, 15) is 8.42 Å². The summed E-state index contributed by atoms with van der Waals surface area (Å²) in [4.78, 5) is 0. The van der Waals surface area contributed by atoms with E-state index in [1.807, 2.05) is 12.1 Å². The van der Waals surface area contributed by atoms with Gasteiger partial charge >= 0.3 is 0 Å². The van der Waals surface area contributed by atoms with Crippen LogP contribution in [-0.2, 0) is 16.4 Å². The molecule has 1 aliphatic heterocycles. The third-order valence-electron chi connectivity index (χ3n) is 3.47. The molecule has 1 saturated heterocycles. The molecule has 2 aromatic rings. The van der Waals surface area contributed by atoms with Gasteiger partial charge in [-0.05, 0) is 30.9 Å². The molecule has 0 radical (unpaired) electrons. The van der Waals surface area contributed by atoms with E-state index < -0.39 is 9.84 Å². The lowest BCUT2D eigenvalue weighted by Crippen LogP contribution is -2.28. The minimum absolute atomic E-state index is 0.0972. The number of hydrogen-bond donors (Lipinski definition) is 0. The van der Waals surface area contributed by atoms with Crippen LogP contribution in [-0.4, -0.2) is 34.9 Å². The van der Waals surface area contributed by atoms with Crippen LogP contribution in [0.2, 0.25) is 5.02 Å². The Morgan fingerprint density at radius 1 is 1.42 bits per heavy atom. The molecule has 1 aliphatic rings. The maximum absolute atomic E-state index is 11.6. The summed E-state index contributed by atoms with van der Waals surface area (Å²) < 4.78 is 25.0. The lowest BCUT2D eigenvalue weighted by Gasteiger charge is -2.21. The van der Waals surface area contributed by atoms with E-state index in [-0.39, 0.29) is 11.7 Å². The minimum atomic E-state index is -2.89. The fourth-order valence-electron chi connectivity index (χ4n) is 2.62. The van der Waals surface area contributed by atoms with Gasteiger partial charge in [-0.3, -0.25) is 0 Å². The Morgan fingerprint density at radius 3 is 3.05 bits per heavy atom. The van der Waals surface area contributed by atoms with Gasteiger partial charge in [0.15, 0.2) is 9.84 Å². The van der Waals surface area contributed by atoms with Gasteiger partial charge in [0.05, 0.1) is 16.5 Å². The highest BCUT2D eigenvalue weighted by molar-refractivity contribution is 7.91. The summed E-state index contributed by atoms with van der Waals surface area (Å²) in [5.41, 5.74) is 1.53. The zero-order valence-electron chi connectivity index (χ0n) is 10.3. The fourth-order valence-corrected chi connectivity index (χ4v) is 4.65. The maximum atomic E-state index is 11.6. The van der Waals surface area contributed by atoms with Crippen molar-refractivity contribution < 1.29 is 8.42 Å². The summed E-state index contributed by atoms with van der Waals surface area (Å²) in [5, 5.41) is 8.74. The Bertz CT molecular complexity index is 711. The summed E-state index contributed by atoms with van der Waals surface area (Å²) in [7, 11) is -2.89. The van der Waals surface area contributed by atoms with Crippen LogP contribution in [0.25, 0.3) is 11.0 Å². The van der Waals surface area contributed by atoms with Gasteiger partial charge in [0.25, 0.3) is 0 Å². The van der Waals surface area contributed by atoms with Crippen LogP contribution in [0.3, 0.4) is 0 Å². The number of halogens is 1. The number of aromatic nitrogens is 3. The number of hydrogen-bond acceptors (Lipinski definition) is 4. The van der Waals surface area contributed by atoms with Gasteiger partial charge in [-0.15, -0.1) is 5.10 Å². The van der Waals surface area contributed by atoms with Crippen molar-refractivity contribution in [1.82, 2.24) is 15.0 Å². The Kier molecular flexibility index (Phi) is 3.22. The first kappa shape index (κ1) is 12.9. The van der Waals surface area contributed by atoms with Gasteiger partial charge in [-0.2, -0.15) is 0 Å². The molecule has 5 nitrogen and oxygen atoms in total. The van der Waals surface area contributed by atoms with E-state index in [1.54, 1.807) is 10.7 Å². The van der Waals surface area contributed by atoms with Crippen molar-refractivity contribution in [2.24, 2.45) is 5.92 Å². The minimum Gasteiger partial charge on any atom is -0.243 e. The second-order valence-corrected chi connectivity index (χ2v) is 7.64. The first-order chi connectivity index (χ1) is 9.05. The Hall–Kier alpha value is -1.14. The van der Waals surface area contributed by atoms with Gasteiger partial charge in [0, 0.05) is 6.54 Å². The molecule has 1 aromatic heterocycles. The molecule has 7 heteroatoms. The molecule has 1 aromatic carbocycles. The first-order valence-electron chi connectivity index (χ1n) is 6.23. The van der Waals surface area contributed by atoms with Crippen LogP contribution in [0.4, 0.5) is 0 Å². The van der Waals surface area contributed by atoms with E-state index in [4.69, 9.17) is 11.6 Å². The second kappa shape index (κ2) is 4.76. The molecule has 3 rings (SSSR count). The summed E-state index contributed by atoms with van der Waals surface area (Å²) >= 11 is 6.16. The number of fused-ring (bicyclic) bond motifs is 1. The molecular weight excluding hydrogens is 286 g/mol. The van der Waals surface area contributed by atoms with Crippen LogP contribution in [0, 0.1) is 5.92 Å². The summed E-state index contributed by atoms with van der Waals surface area (Å²) in [6.45, 7) is 0.555. The molecular formula is C12H14ClN3O2S. The third-order valence-corrected chi connectivity index (χ3v) is 5.67. The topological polar surface area (TPSA) is 64.8 Å². The Labute approximate surface area is 116 Å². The molecule has 0 N–H and O–H groups in total. The summed E-state index contributed by atoms with van der Waals surface area (Å²) in [6, 6.07) is 5.47. The van der Waals surface area contributed by atoms with Crippen LogP contribution in [0.1, 0.15) is 12.8 Å². The van der Waals surface area contributed by atoms with Gasteiger partial charge < -0.3 is 0 Å². The lowest BCUT2D eigenvalue weighted by molar-refractivity contribution is 0.407. The van der Waals surface area contributed by atoms with E-state index in [2.05, 4.69) is 10.3 Å². The molecule has 0 spiro atoms. The van der Waals surface area contributed by atoms with E-state index in [0.717, 1.165) is 23.9 Å². The molecule has 0 aliphatic carbocycles. The quantitative estimate of drug-likeness (QED) is 0.849. The highest BCUT2D eigenvalue weighted by Crippen LogP contribution is 2.25. The van der Waals surface area contributed by atoms with Crippen molar-refractivity contribution in [3.05, 3.63) is 23.2 Å². The number of sulfone groups is 1. The fraction of sp³-hybridized carbons (Fsp3) is 0.500. The normalized spacial score (nSPS) is 22.7. The highest BCUT2D eigenvalue weighted by Gasteiger charge is 2.25. The molecule has 2 heterocycles. The SMILES string of the molecule is O=S1(=O)CCCC(Cn2nnc3cccc(Cl)c32)C1. The van der Waals surface area contributed by atoms with Crippen LogP contribution in [0.15, 0.2) is 18.2 Å². The van der Waals surface area contributed by atoms with Crippen molar-refractivity contribution in [3.63, 3.8) is 0 Å². The number of para-hydroxylation sites is 1. The summed E-state index contributed by atoms with van der Waals surface area (Å²) in [6.07, 6.45) is 1.64. The van der Waals surface area contributed by atoms with Crippen LogP contribution in [0.5, 0.6) is 0 Å². The zero-order valence-corrected chi connectivity index (χ0v) is 11.9. The van der Waals surface area contributed by atoms with E-state index in [0.29, 0.717) is 17.3 Å². The van der Waals surface area contributed by atoms with Crippen molar-refractivity contribution >= 4 is 32.5 Å². The molecule has 0 saturated carbocycles. The van der Waals surface area contributed by atoms with Crippen LogP contribution < -0.4 is 0 Å². The van der Waals surface area contributed by atoms with E-state index >= 15 is 0 Å². The Balaban J connectivity index is 1.90. The monoisotopic (exact) mass is 299 g/mol. The predicted molar refractivity (Wildman–Crippen MR) is 73.9 cm³/mol. The second-order valence-electron chi connectivity index (χ2n) is 5.00. The van der Waals surface area contributed by atoms with Gasteiger partial charge in [0.2, 0.25) is 0 Å². The largest absolute Gasteiger partial charge is 0.243 e. The lowest BCUT2D eigenvalue weighted by atomic mass is 10.1. The van der Waals surface area contributed by atoms with Crippen molar-refractivity contribution in [2.45, 2.75) is 19.4 Å². The van der Waals surface area contributed by atoms with Crippen molar-refractivity contribution in [1.29, 1.82) is 0 Å².